The van der Waals surface area contributed by atoms with Crippen molar-refractivity contribution in [2.24, 2.45) is 0 Å². The fourth-order valence-electron chi connectivity index (χ4n) is 7.24. The SMILES string of the molecule is c1ccc2c(c1)Cc1cc3c(cc1-2)N1c2ccc4c(c2Cc2cccc(c21)C3)-c1ccccc1C4. The highest BCUT2D eigenvalue weighted by atomic mass is 15.2. The van der Waals surface area contributed by atoms with E-state index in [1.807, 2.05) is 0 Å². The largest absolute Gasteiger partial charge is 0.309 e. The van der Waals surface area contributed by atoms with E-state index in [2.05, 4.69) is 95.9 Å². The molecule has 0 N–H and O–H groups in total. The Kier molecular flexibility index (Phi) is 3.29. The molecule has 0 saturated heterocycles. The van der Waals surface area contributed by atoms with Crippen molar-refractivity contribution in [2.45, 2.75) is 25.7 Å². The zero-order valence-corrected chi connectivity index (χ0v) is 19.4. The Morgan fingerprint density at radius 1 is 0.429 bits per heavy atom. The number of hydrogen-bond acceptors (Lipinski definition) is 1. The first-order valence-electron chi connectivity index (χ1n) is 12.7. The van der Waals surface area contributed by atoms with Crippen LogP contribution in [0, 0.1) is 0 Å². The van der Waals surface area contributed by atoms with Crippen LogP contribution in [-0.2, 0) is 25.7 Å². The third-order valence-corrected chi connectivity index (χ3v) is 8.69. The predicted octanol–water partition coefficient (Wildman–Crippen LogP) is 8.11. The molecule has 1 heteroatoms. The van der Waals surface area contributed by atoms with E-state index in [4.69, 9.17) is 0 Å². The highest BCUT2D eigenvalue weighted by Crippen LogP contribution is 2.55. The third-order valence-electron chi connectivity index (χ3n) is 8.69. The number of fused-ring (bicyclic) bond motifs is 11. The number of anilines is 3. The first-order valence-corrected chi connectivity index (χ1v) is 12.7. The topological polar surface area (TPSA) is 3.24 Å². The molecule has 0 amide bonds. The molecule has 2 aliphatic heterocycles. The van der Waals surface area contributed by atoms with Gasteiger partial charge in [0.25, 0.3) is 0 Å². The van der Waals surface area contributed by atoms with Crippen molar-refractivity contribution < 1.29 is 0 Å². The highest BCUT2D eigenvalue weighted by Gasteiger charge is 2.35. The van der Waals surface area contributed by atoms with Gasteiger partial charge in [-0.2, -0.15) is 0 Å². The maximum Gasteiger partial charge on any atom is 0.0532 e. The summed E-state index contributed by atoms with van der Waals surface area (Å²) in [5, 5.41) is 0. The summed E-state index contributed by atoms with van der Waals surface area (Å²) in [6.45, 7) is 0. The molecule has 0 aromatic heterocycles. The molecule has 2 heterocycles. The molecule has 9 rings (SSSR count). The summed E-state index contributed by atoms with van der Waals surface area (Å²) < 4.78 is 0. The van der Waals surface area contributed by atoms with Gasteiger partial charge in [0, 0.05) is 12.8 Å². The summed E-state index contributed by atoms with van der Waals surface area (Å²) in [6, 6.07) is 34.7. The first kappa shape index (κ1) is 18.3. The molecule has 0 bridgehead atoms. The highest BCUT2D eigenvalue weighted by molar-refractivity contribution is 5.96. The number of hydrogen-bond donors (Lipinski definition) is 0. The van der Waals surface area contributed by atoms with Gasteiger partial charge in [-0.3, -0.25) is 0 Å². The Labute approximate surface area is 205 Å². The Bertz CT molecular complexity index is 1750. The lowest BCUT2D eigenvalue weighted by atomic mass is 9.83. The molecule has 0 fully saturated rings. The Balaban J connectivity index is 1.33. The van der Waals surface area contributed by atoms with Gasteiger partial charge in [0.05, 0.1) is 17.1 Å². The van der Waals surface area contributed by atoms with Gasteiger partial charge in [0.15, 0.2) is 0 Å². The Hall–Kier alpha value is -4.10. The summed E-state index contributed by atoms with van der Waals surface area (Å²) >= 11 is 0. The summed E-state index contributed by atoms with van der Waals surface area (Å²) in [4.78, 5) is 2.60. The van der Waals surface area contributed by atoms with Crippen LogP contribution in [0.15, 0.2) is 91.0 Å². The van der Waals surface area contributed by atoms with Crippen LogP contribution in [0.25, 0.3) is 22.3 Å². The van der Waals surface area contributed by atoms with Gasteiger partial charge in [0.2, 0.25) is 0 Å². The van der Waals surface area contributed by atoms with Gasteiger partial charge in [-0.25, -0.2) is 0 Å². The minimum Gasteiger partial charge on any atom is -0.309 e. The number of nitrogens with zero attached hydrogens (tertiary/aromatic N) is 1. The molecule has 35 heavy (non-hydrogen) atoms. The molecular weight excluding hydrogens is 422 g/mol. The summed E-state index contributed by atoms with van der Waals surface area (Å²) in [6.07, 6.45) is 4.12. The summed E-state index contributed by atoms with van der Waals surface area (Å²) in [5.41, 5.74) is 21.6. The number of rotatable bonds is 0. The van der Waals surface area contributed by atoms with Gasteiger partial charge in [-0.05, 0) is 91.7 Å². The lowest BCUT2D eigenvalue weighted by Crippen LogP contribution is -2.25. The zero-order valence-electron chi connectivity index (χ0n) is 19.4. The molecule has 0 spiro atoms. The van der Waals surface area contributed by atoms with Crippen LogP contribution in [0.5, 0.6) is 0 Å². The smallest absolute Gasteiger partial charge is 0.0532 e. The van der Waals surface area contributed by atoms with Gasteiger partial charge < -0.3 is 4.90 Å². The molecule has 2 aliphatic carbocycles. The van der Waals surface area contributed by atoms with E-state index in [0.29, 0.717) is 0 Å². The second-order valence-corrected chi connectivity index (χ2v) is 10.5. The van der Waals surface area contributed by atoms with Crippen LogP contribution in [0.4, 0.5) is 17.1 Å². The fraction of sp³-hybridized carbons (Fsp3) is 0.118. The van der Waals surface area contributed by atoms with E-state index in [1.54, 1.807) is 0 Å². The summed E-state index contributed by atoms with van der Waals surface area (Å²) in [5.74, 6) is 0. The molecule has 4 aliphatic rings. The van der Waals surface area contributed by atoms with Crippen LogP contribution in [0.1, 0.15) is 44.5 Å². The molecule has 1 nitrogen and oxygen atoms in total. The van der Waals surface area contributed by atoms with E-state index in [1.165, 1.54) is 83.8 Å². The molecule has 0 saturated carbocycles. The monoisotopic (exact) mass is 445 g/mol. The minimum atomic E-state index is 1.01. The van der Waals surface area contributed by atoms with Gasteiger partial charge in [0.1, 0.15) is 0 Å². The van der Waals surface area contributed by atoms with E-state index >= 15 is 0 Å². The Morgan fingerprint density at radius 2 is 1.11 bits per heavy atom. The van der Waals surface area contributed by atoms with Crippen molar-refractivity contribution >= 4 is 17.1 Å². The third kappa shape index (κ3) is 2.29. The molecule has 0 radical (unpaired) electrons. The van der Waals surface area contributed by atoms with Crippen LogP contribution < -0.4 is 4.90 Å². The molecule has 5 aromatic carbocycles. The number of para-hydroxylation sites is 1. The van der Waals surface area contributed by atoms with Crippen molar-refractivity contribution in [3.05, 3.63) is 136 Å². The van der Waals surface area contributed by atoms with Gasteiger partial charge in [-0.15, -0.1) is 0 Å². The van der Waals surface area contributed by atoms with Gasteiger partial charge in [-0.1, -0.05) is 78.9 Å². The molecule has 5 aromatic rings. The maximum atomic E-state index is 2.60. The minimum absolute atomic E-state index is 1.01. The predicted molar refractivity (Wildman–Crippen MR) is 143 cm³/mol. The first-order chi connectivity index (χ1) is 17.3. The van der Waals surface area contributed by atoms with E-state index in [0.717, 1.165) is 25.7 Å². The zero-order chi connectivity index (χ0) is 22.7. The normalized spacial score (nSPS) is 14.9. The van der Waals surface area contributed by atoms with Crippen LogP contribution >= 0.6 is 0 Å². The van der Waals surface area contributed by atoms with E-state index < -0.39 is 0 Å². The molecule has 0 atom stereocenters. The second kappa shape index (κ2) is 6.31. The number of benzene rings is 5. The standard InChI is InChI=1S/C34H23N/c1-3-10-27-20(6-1)15-25-17-26-16-23-8-5-9-24-18-30-31(35(34(23)24)32(26)19-29(25)27)13-12-22-14-21-7-2-4-11-28(21)33(22)30/h1-13,17,19H,14-16,18H2. The van der Waals surface area contributed by atoms with Crippen LogP contribution in [-0.4, -0.2) is 0 Å². The average Bonchev–Trinajstić information content (AvgIpc) is 3.45. The van der Waals surface area contributed by atoms with Crippen LogP contribution in [0.3, 0.4) is 0 Å². The van der Waals surface area contributed by atoms with Crippen molar-refractivity contribution in [1.82, 2.24) is 0 Å². The van der Waals surface area contributed by atoms with Crippen molar-refractivity contribution in [3.63, 3.8) is 0 Å². The Morgan fingerprint density at radius 3 is 2.00 bits per heavy atom. The lowest BCUT2D eigenvalue weighted by molar-refractivity contribution is 1.01. The van der Waals surface area contributed by atoms with E-state index in [9.17, 15) is 0 Å². The van der Waals surface area contributed by atoms with Gasteiger partial charge >= 0.3 is 0 Å². The van der Waals surface area contributed by atoms with Crippen molar-refractivity contribution in [1.29, 1.82) is 0 Å². The second-order valence-electron chi connectivity index (χ2n) is 10.5. The fourth-order valence-corrected chi connectivity index (χ4v) is 7.24. The maximum absolute atomic E-state index is 2.60. The van der Waals surface area contributed by atoms with E-state index in [-0.39, 0.29) is 0 Å². The van der Waals surface area contributed by atoms with Crippen LogP contribution in [0.2, 0.25) is 0 Å². The molecular formula is C34H23N. The summed E-state index contributed by atoms with van der Waals surface area (Å²) in [7, 11) is 0. The van der Waals surface area contributed by atoms with Crippen molar-refractivity contribution in [3.8, 4) is 22.3 Å². The van der Waals surface area contributed by atoms with Crippen molar-refractivity contribution in [2.75, 3.05) is 4.90 Å². The molecule has 0 unspecified atom stereocenters. The average molecular weight is 446 g/mol. The molecule has 164 valence electrons. The lowest BCUT2D eigenvalue weighted by Gasteiger charge is -2.40. The quantitative estimate of drug-likeness (QED) is 0.228.